The Morgan fingerprint density at radius 2 is 2.16 bits per heavy atom. The predicted molar refractivity (Wildman–Crippen MR) is 75.6 cm³/mol. The highest BCUT2D eigenvalue weighted by Gasteiger charge is 2.25. The van der Waals surface area contributed by atoms with Gasteiger partial charge in [0.1, 0.15) is 0 Å². The number of hydrogen-bond donors (Lipinski definition) is 0. The van der Waals surface area contributed by atoms with Crippen molar-refractivity contribution < 1.29 is 4.79 Å². The lowest BCUT2D eigenvalue weighted by Crippen LogP contribution is -2.39. The molecule has 0 saturated carbocycles. The third-order valence-electron chi connectivity index (χ3n) is 3.67. The molecule has 1 aliphatic rings. The van der Waals surface area contributed by atoms with E-state index in [2.05, 4.69) is 30.0 Å². The Bertz CT molecular complexity index is 324. The van der Waals surface area contributed by atoms with Crippen LogP contribution in [0.5, 0.6) is 0 Å². The van der Waals surface area contributed by atoms with Crippen LogP contribution >= 0.6 is 0 Å². The number of nitrogens with zero attached hydrogens (tertiary/aromatic N) is 4. The molecule has 0 aromatic rings. The highest BCUT2D eigenvalue weighted by molar-refractivity contribution is 5.76. The van der Waals surface area contributed by atoms with Crippen molar-refractivity contribution in [2.24, 2.45) is 0 Å². The summed E-state index contributed by atoms with van der Waals surface area (Å²) < 4.78 is 0. The maximum absolute atomic E-state index is 11.9. The predicted octanol–water partition coefficient (Wildman–Crippen LogP) is 0.775. The normalized spacial score (nSPS) is 19.6. The molecular weight excluding hydrogens is 240 g/mol. The molecule has 1 rings (SSSR count). The molecule has 0 radical (unpaired) electrons. The van der Waals surface area contributed by atoms with E-state index in [-0.39, 0.29) is 5.91 Å². The van der Waals surface area contributed by atoms with Crippen LogP contribution in [0.1, 0.15) is 25.7 Å². The summed E-state index contributed by atoms with van der Waals surface area (Å²) in [6.07, 6.45) is 3.44. The van der Waals surface area contributed by atoms with Gasteiger partial charge in [0.15, 0.2) is 0 Å². The molecule has 0 aliphatic carbocycles. The van der Waals surface area contributed by atoms with Crippen molar-refractivity contribution in [3.05, 3.63) is 0 Å². The fourth-order valence-corrected chi connectivity index (χ4v) is 2.59. The molecule has 0 aromatic carbocycles. The summed E-state index contributed by atoms with van der Waals surface area (Å²) in [6, 6.07) is 2.66. The molecule has 5 heteroatoms. The zero-order chi connectivity index (χ0) is 14.3. The van der Waals surface area contributed by atoms with Crippen molar-refractivity contribution in [3.63, 3.8) is 0 Å². The number of carbonyl (C=O) groups excluding carboxylic acids is 1. The van der Waals surface area contributed by atoms with Crippen LogP contribution in [0.2, 0.25) is 0 Å². The topological polar surface area (TPSA) is 50.6 Å². The number of likely N-dealkylation sites (N-methyl/N-ethyl adjacent to an activating group) is 1. The second-order valence-corrected chi connectivity index (χ2v) is 5.57. The number of amides is 1. The van der Waals surface area contributed by atoms with Gasteiger partial charge in [0.25, 0.3) is 0 Å². The van der Waals surface area contributed by atoms with Gasteiger partial charge in [-0.15, -0.1) is 0 Å². The standard InChI is InChI=1S/C14H26N4O/c1-16(2)12-13-6-4-10-18(13)11-7-14(19)17(3)9-5-8-15/h13H,4-7,9-12H2,1-3H3. The van der Waals surface area contributed by atoms with E-state index in [4.69, 9.17) is 5.26 Å². The monoisotopic (exact) mass is 266 g/mol. The quantitative estimate of drug-likeness (QED) is 0.683. The fraction of sp³-hybridized carbons (Fsp3) is 0.857. The van der Waals surface area contributed by atoms with Crippen LogP contribution in [-0.2, 0) is 4.79 Å². The molecule has 108 valence electrons. The molecule has 1 fully saturated rings. The lowest BCUT2D eigenvalue weighted by molar-refractivity contribution is -0.130. The Kier molecular flexibility index (Phi) is 6.82. The molecule has 1 amide bonds. The van der Waals surface area contributed by atoms with Crippen LogP contribution in [0.25, 0.3) is 0 Å². The lowest BCUT2D eigenvalue weighted by atomic mass is 10.2. The first-order valence-electron chi connectivity index (χ1n) is 7.04. The molecule has 0 N–H and O–H groups in total. The molecule has 5 nitrogen and oxygen atoms in total. The molecular formula is C14H26N4O. The number of likely N-dealkylation sites (tertiary alicyclic amines) is 1. The average Bonchev–Trinajstić information content (AvgIpc) is 2.79. The van der Waals surface area contributed by atoms with E-state index in [0.717, 1.165) is 19.6 Å². The average molecular weight is 266 g/mol. The largest absolute Gasteiger partial charge is 0.345 e. The van der Waals surface area contributed by atoms with E-state index in [1.165, 1.54) is 12.8 Å². The van der Waals surface area contributed by atoms with Crippen molar-refractivity contribution in [2.75, 3.05) is 47.3 Å². The third-order valence-corrected chi connectivity index (χ3v) is 3.67. The first kappa shape index (κ1) is 15.9. The van der Waals surface area contributed by atoms with Gasteiger partial charge >= 0.3 is 0 Å². The van der Waals surface area contributed by atoms with Crippen molar-refractivity contribution in [3.8, 4) is 6.07 Å². The number of rotatable bonds is 7. The zero-order valence-electron chi connectivity index (χ0n) is 12.4. The number of nitriles is 1. The van der Waals surface area contributed by atoms with Gasteiger partial charge in [-0.1, -0.05) is 0 Å². The molecule has 0 aromatic heterocycles. The van der Waals surface area contributed by atoms with Gasteiger partial charge in [0.05, 0.1) is 12.5 Å². The minimum Gasteiger partial charge on any atom is -0.345 e. The molecule has 1 saturated heterocycles. The Hall–Kier alpha value is -1.12. The summed E-state index contributed by atoms with van der Waals surface area (Å²) in [5.74, 6) is 0.144. The zero-order valence-corrected chi connectivity index (χ0v) is 12.4. The second-order valence-electron chi connectivity index (χ2n) is 5.57. The van der Waals surface area contributed by atoms with Crippen LogP contribution < -0.4 is 0 Å². The maximum Gasteiger partial charge on any atom is 0.223 e. The summed E-state index contributed by atoms with van der Waals surface area (Å²) in [5.41, 5.74) is 0. The van der Waals surface area contributed by atoms with Crippen LogP contribution in [-0.4, -0.2) is 74.0 Å². The molecule has 1 atom stereocenters. The highest BCUT2D eigenvalue weighted by atomic mass is 16.2. The first-order chi connectivity index (χ1) is 9.04. The van der Waals surface area contributed by atoms with Gasteiger partial charge in [-0.25, -0.2) is 0 Å². The van der Waals surface area contributed by atoms with Crippen molar-refractivity contribution in [1.29, 1.82) is 5.26 Å². The summed E-state index contributed by atoms with van der Waals surface area (Å²) in [7, 11) is 5.97. The lowest BCUT2D eigenvalue weighted by Gasteiger charge is -2.27. The summed E-state index contributed by atoms with van der Waals surface area (Å²) in [6.45, 7) is 3.55. The van der Waals surface area contributed by atoms with Crippen molar-refractivity contribution in [2.45, 2.75) is 31.7 Å². The summed E-state index contributed by atoms with van der Waals surface area (Å²) >= 11 is 0. The number of hydrogen-bond acceptors (Lipinski definition) is 4. The molecule has 1 unspecified atom stereocenters. The fourth-order valence-electron chi connectivity index (χ4n) is 2.59. The van der Waals surface area contributed by atoms with Gasteiger partial charge in [-0.05, 0) is 33.5 Å². The van der Waals surface area contributed by atoms with Crippen LogP contribution in [0.3, 0.4) is 0 Å². The van der Waals surface area contributed by atoms with Gasteiger partial charge in [-0.3, -0.25) is 9.69 Å². The molecule has 0 spiro atoms. The van der Waals surface area contributed by atoms with E-state index < -0.39 is 0 Å². The van der Waals surface area contributed by atoms with Crippen LogP contribution in [0.4, 0.5) is 0 Å². The summed E-state index contributed by atoms with van der Waals surface area (Å²) in [5, 5.41) is 8.52. The minimum atomic E-state index is 0.144. The summed E-state index contributed by atoms with van der Waals surface area (Å²) in [4.78, 5) is 18.2. The molecule has 1 aliphatic heterocycles. The Morgan fingerprint density at radius 1 is 1.42 bits per heavy atom. The number of carbonyl (C=O) groups is 1. The Morgan fingerprint density at radius 3 is 2.79 bits per heavy atom. The SMILES string of the molecule is CN(C)CC1CCCN1CCC(=O)N(C)CCC#N. The smallest absolute Gasteiger partial charge is 0.223 e. The van der Waals surface area contributed by atoms with E-state index in [9.17, 15) is 4.79 Å². The Labute approximate surface area is 116 Å². The maximum atomic E-state index is 11.9. The van der Waals surface area contributed by atoms with Crippen molar-refractivity contribution in [1.82, 2.24) is 14.7 Å². The van der Waals surface area contributed by atoms with E-state index in [1.807, 2.05) is 0 Å². The molecule has 0 bridgehead atoms. The van der Waals surface area contributed by atoms with Gasteiger partial charge in [0.2, 0.25) is 5.91 Å². The van der Waals surface area contributed by atoms with E-state index in [1.54, 1.807) is 11.9 Å². The highest BCUT2D eigenvalue weighted by Crippen LogP contribution is 2.18. The minimum absolute atomic E-state index is 0.144. The third kappa shape index (κ3) is 5.58. The van der Waals surface area contributed by atoms with Crippen LogP contribution in [0, 0.1) is 11.3 Å². The van der Waals surface area contributed by atoms with Gasteiger partial charge in [-0.2, -0.15) is 5.26 Å². The Balaban J connectivity index is 2.31. The second kappa shape index (κ2) is 8.13. The van der Waals surface area contributed by atoms with Crippen LogP contribution in [0.15, 0.2) is 0 Å². The molecule has 19 heavy (non-hydrogen) atoms. The van der Waals surface area contributed by atoms with E-state index in [0.29, 0.717) is 25.4 Å². The molecule has 1 heterocycles. The van der Waals surface area contributed by atoms with Gasteiger partial charge < -0.3 is 9.80 Å². The van der Waals surface area contributed by atoms with E-state index >= 15 is 0 Å². The van der Waals surface area contributed by atoms with Gasteiger partial charge in [0, 0.05) is 39.1 Å². The first-order valence-corrected chi connectivity index (χ1v) is 7.04. The van der Waals surface area contributed by atoms with Crippen molar-refractivity contribution >= 4 is 5.91 Å².